The van der Waals surface area contributed by atoms with Crippen molar-refractivity contribution in [3.05, 3.63) is 81.7 Å². The third-order valence-corrected chi connectivity index (χ3v) is 6.10. The predicted molar refractivity (Wildman–Crippen MR) is 124 cm³/mol. The molecule has 2 heterocycles. The molecule has 3 aromatic rings. The van der Waals surface area contributed by atoms with Gasteiger partial charge in [-0.3, -0.25) is 9.69 Å². The molecule has 2 aromatic carbocycles. The molecule has 8 heteroatoms. The average Bonchev–Trinajstić information content (AvgIpc) is 3.29. The first-order chi connectivity index (χ1) is 15.5. The lowest BCUT2D eigenvalue weighted by atomic mass is 10.2. The van der Waals surface area contributed by atoms with Crippen LogP contribution in [0.2, 0.25) is 10.0 Å². The van der Waals surface area contributed by atoms with Crippen molar-refractivity contribution in [2.24, 2.45) is 0 Å². The molecular weight excluding hydrogens is 451 g/mol. The molecule has 0 aliphatic carbocycles. The van der Waals surface area contributed by atoms with Gasteiger partial charge in [0.1, 0.15) is 23.9 Å². The maximum atomic E-state index is 12.8. The number of carbonyl (C=O) groups is 1. The number of hydrogen-bond acceptors (Lipinski definition) is 5. The van der Waals surface area contributed by atoms with Gasteiger partial charge in [-0.2, -0.15) is 0 Å². The van der Waals surface area contributed by atoms with Crippen molar-refractivity contribution < 1.29 is 18.7 Å². The Balaban J connectivity index is 1.26. The molecular formula is C24H24Cl2N2O4. The quantitative estimate of drug-likeness (QED) is 0.474. The van der Waals surface area contributed by atoms with Gasteiger partial charge in [0.2, 0.25) is 0 Å². The standard InChI is InChI=1S/C24H24Cl2N2O4/c1-30-18-3-5-19(6-4-18)31-16-20-7-9-23(32-20)24(29)28-12-10-27(11-13-28)15-17-2-8-21(25)22(26)14-17/h2-9,14H,10-13,15-16H2,1H3. The maximum absolute atomic E-state index is 12.8. The van der Waals surface area contributed by atoms with E-state index in [1.165, 1.54) is 0 Å². The Morgan fingerprint density at radius 3 is 2.34 bits per heavy atom. The smallest absolute Gasteiger partial charge is 0.289 e. The van der Waals surface area contributed by atoms with Gasteiger partial charge in [0.05, 0.1) is 17.2 Å². The largest absolute Gasteiger partial charge is 0.497 e. The number of piperazine rings is 1. The molecule has 0 N–H and O–H groups in total. The summed E-state index contributed by atoms with van der Waals surface area (Å²) >= 11 is 12.1. The predicted octanol–water partition coefficient (Wildman–Crippen LogP) is 5.13. The minimum atomic E-state index is -0.102. The molecule has 1 aliphatic rings. The first kappa shape index (κ1) is 22.5. The topological polar surface area (TPSA) is 55.2 Å². The number of carbonyl (C=O) groups excluding carboxylic acids is 1. The summed E-state index contributed by atoms with van der Waals surface area (Å²) in [6, 6.07) is 16.5. The van der Waals surface area contributed by atoms with Gasteiger partial charge in [-0.05, 0) is 54.1 Å². The highest BCUT2D eigenvalue weighted by Gasteiger charge is 2.24. The normalized spacial score (nSPS) is 14.4. The highest BCUT2D eigenvalue weighted by atomic mass is 35.5. The van der Waals surface area contributed by atoms with E-state index in [9.17, 15) is 4.79 Å². The number of amides is 1. The monoisotopic (exact) mass is 474 g/mol. The fourth-order valence-electron chi connectivity index (χ4n) is 3.56. The number of nitrogens with zero attached hydrogens (tertiary/aromatic N) is 2. The van der Waals surface area contributed by atoms with Crippen molar-refractivity contribution in [1.29, 1.82) is 0 Å². The summed E-state index contributed by atoms with van der Waals surface area (Å²) in [5, 5.41) is 1.11. The Labute approximate surface area is 197 Å². The van der Waals surface area contributed by atoms with E-state index in [0.29, 0.717) is 40.4 Å². The van der Waals surface area contributed by atoms with Gasteiger partial charge >= 0.3 is 0 Å². The Kier molecular flexibility index (Phi) is 7.25. The zero-order valence-electron chi connectivity index (χ0n) is 17.7. The zero-order chi connectivity index (χ0) is 22.5. The minimum Gasteiger partial charge on any atom is -0.497 e. The molecule has 6 nitrogen and oxygen atoms in total. The van der Waals surface area contributed by atoms with Crippen LogP contribution >= 0.6 is 23.2 Å². The minimum absolute atomic E-state index is 0.102. The number of rotatable bonds is 7. The van der Waals surface area contributed by atoms with E-state index in [-0.39, 0.29) is 12.5 Å². The molecule has 0 atom stereocenters. The van der Waals surface area contributed by atoms with Crippen LogP contribution in [0.5, 0.6) is 11.5 Å². The Morgan fingerprint density at radius 1 is 0.938 bits per heavy atom. The number of benzene rings is 2. The van der Waals surface area contributed by atoms with E-state index >= 15 is 0 Å². The zero-order valence-corrected chi connectivity index (χ0v) is 19.2. The summed E-state index contributed by atoms with van der Waals surface area (Å²) in [6.45, 7) is 3.85. The van der Waals surface area contributed by atoms with Crippen LogP contribution in [0.3, 0.4) is 0 Å². The summed E-state index contributed by atoms with van der Waals surface area (Å²) in [4.78, 5) is 16.9. The first-order valence-corrected chi connectivity index (χ1v) is 11.1. The lowest BCUT2D eigenvalue weighted by molar-refractivity contribution is 0.0594. The Bertz CT molecular complexity index is 1060. The molecule has 1 amide bonds. The van der Waals surface area contributed by atoms with Crippen LogP contribution in [0.4, 0.5) is 0 Å². The molecule has 32 heavy (non-hydrogen) atoms. The first-order valence-electron chi connectivity index (χ1n) is 10.3. The Hall–Kier alpha value is -2.67. The van der Waals surface area contributed by atoms with Crippen molar-refractivity contribution in [1.82, 2.24) is 9.80 Å². The summed E-state index contributed by atoms with van der Waals surface area (Å²) in [5.41, 5.74) is 1.10. The van der Waals surface area contributed by atoms with Crippen LogP contribution in [-0.4, -0.2) is 49.0 Å². The molecule has 1 aliphatic heterocycles. The van der Waals surface area contributed by atoms with Gasteiger partial charge in [0, 0.05) is 32.7 Å². The number of ether oxygens (including phenoxy) is 2. The fourth-order valence-corrected chi connectivity index (χ4v) is 3.88. The van der Waals surface area contributed by atoms with E-state index in [4.69, 9.17) is 37.1 Å². The molecule has 0 saturated carbocycles. The highest BCUT2D eigenvalue weighted by Crippen LogP contribution is 2.24. The van der Waals surface area contributed by atoms with E-state index in [1.807, 2.05) is 47.4 Å². The van der Waals surface area contributed by atoms with Crippen LogP contribution in [0.25, 0.3) is 0 Å². The lowest BCUT2D eigenvalue weighted by Crippen LogP contribution is -2.48. The fraction of sp³-hybridized carbons (Fsp3) is 0.292. The van der Waals surface area contributed by atoms with Crippen LogP contribution in [0, 0.1) is 0 Å². The van der Waals surface area contributed by atoms with Gasteiger partial charge in [-0.25, -0.2) is 0 Å². The van der Waals surface area contributed by atoms with Crippen LogP contribution < -0.4 is 9.47 Å². The van der Waals surface area contributed by atoms with Crippen molar-refractivity contribution in [3.63, 3.8) is 0 Å². The molecule has 0 spiro atoms. The van der Waals surface area contributed by atoms with Crippen molar-refractivity contribution >= 4 is 29.1 Å². The highest BCUT2D eigenvalue weighted by molar-refractivity contribution is 6.42. The Morgan fingerprint density at radius 2 is 1.66 bits per heavy atom. The van der Waals surface area contributed by atoms with E-state index in [2.05, 4.69) is 4.90 Å². The summed E-state index contributed by atoms with van der Waals surface area (Å²) in [6.07, 6.45) is 0. The second-order valence-electron chi connectivity index (χ2n) is 7.55. The van der Waals surface area contributed by atoms with Crippen molar-refractivity contribution in [3.8, 4) is 11.5 Å². The molecule has 0 bridgehead atoms. The lowest BCUT2D eigenvalue weighted by Gasteiger charge is -2.34. The van der Waals surface area contributed by atoms with Crippen molar-refractivity contribution in [2.45, 2.75) is 13.2 Å². The maximum Gasteiger partial charge on any atom is 0.289 e. The van der Waals surface area contributed by atoms with Gasteiger partial charge in [-0.15, -0.1) is 0 Å². The van der Waals surface area contributed by atoms with E-state index in [1.54, 1.807) is 19.2 Å². The van der Waals surface area contributed by atoms with Gasteiger partial charge in [-0.1, -0.05) is 29.3 Å². The van der Waals surface area contributed by atoms with E-state index in [0.717, 1.165) is 30.9 Å². The summed E-state index contributed by atoms with van der Waals surface area (Å²) in [5.74, 6) is 2.29. The van der Waals surface area contributed by atoms with Gasteiger partial charge in [0.15, 0.2) is 5.76 Å². The molecule has 0 unspecified atom stereocenters. The molecule has 1 aromatic heterocycles. The summed E-state index contributed by atoms with van der Waals surface area (Å²) < 4.78 is 16.6. The van der Waals surface area contributed by atoms with Crippen LogP contribution in [0.1, 0.15) is 21.9 Å². The summed E-state index contributed by atoms with van der Waals surface area (Å²) in [7, 11) is 1.62. The number of halogens is 2. The van der Waals surface area contributed by atoms with Crippen LogP contribution in [-0.2, 0) is 13.2 Å². The van der Waals surface area contributed by atoms with Gasteiger partial charge < -0.3 is 18.8 Å². The molecule has 168 valence electrons. The molecule has 4 rings (SSSR count). The average molecular weight is 475 g/mol. The molecule has 1 saturated heterocycles. The van der Waals surface area contributed by atoms with Crippen molar-refractivity contribution in [2.75, 3.05) is 33.3 Å². The second-order valence-corrected chi connectivity index (χ2v) is 8.36. The van der Waals surface area contributed by atoms with E-state index < -0.39 is 0 Å². The third kappa shape index (κ3) is 5.57. The molecule has 0 radical (unpaired) electrons. The van der Waals surface area contributed by atoms with Gasteiger partial charge in [0.25, 0.3) is 5.91 Å². The third-order valence-electron chi connectivity index (χ3n) is 5.36. The number of hydrogen-bond donors (Lipinski definition) is 0. The van der Waals surface area contributed by atoms with Crippen LogP contribution in [0.15, 0.2) is 59.0 Å². The second kappa shape index (κ2) is 10.3. The molecule has 1 fully saturated rings. The number of methoxy groups -OCH3 is 1. The number of furan rings is 1. The SMILES string of the molecule is COc1ccc(OCc2ccc(C(=O)N3CCN(Cc4ccc(Cl)c(Cl)c4)CC3)o2)cc1.